The quantitative estimate of drug-likeness (QED) is 0.654. The zero-order valence-electron chi connectivity index (χ0n) is 11.6. The third-order valence-electron chi connectivity index (χ3n) is 2.31. The zero-order chi connectivity index (χ0) is 13.5. The molecule has 0 aromatic carbocycles. The molecule has 0 aliphatic rings. The second kappa shape index (κ2) is 7.63. The van der Waals surface area contributed by atoms with Gasteiger partial charge in [-0.15, -0.1) is 0 Å². The molecular formula is C12H26N2O3. The number of nitrogens with one attached hydrogen (secondary N) is 1. The van der Waals surface area contributed by atoms with E-state index < -0.39 is 6.29 Å². The number of carbonyl (C=O) groups is 1. The summed E-state index contributed by atoms with van der Waals surface area (Å²) in [7, 11) is 3.07. The molecule has 3 N–H and O–H groups in total. The maximum atomic E-state index is 11.6. The van der Waals surface area contributed by atoms with Gasteiger partial charge in [-0.3, -0.25) is 4.79 Å². The summed E-state index contributed by atoms with van der Waals surface area (Å²) in [5, 5.41) is 2.73. The van der Waals surface area contributed by atoms with E-state index in [-0.39, 0.29) is 17.4 Å². The molecule has 1 atom stereocenters. The van der Waals surface area contributed by atoms with E-state index in [1.54, 1.807) is 0 Å². The highest BCUT2D eigenvalue weighted by Gasteiger charge is 2.18. The van der Waals surface area contributed by atoms with Gasteiger partial charge >= 0.3 is 0 Å². The van der Waals surface area contributed by atoms with Gasteiger partial charge in [-0.05, 0) is 11.8 Å². The van der Waals surface area contributed by atoms with Gasteiger partial charge in [-0.1, -0.05) is 20.8 Å². The van der Waals surface area contributed by atoms with Crippen molar-refractivity contribution in [3.63, 3.8) is 0 Å². The lowest BCUT2D eigenvalue weighted by atomic mass is 9.87. The molecule has 0 spiro atoms. The molecule has 0 bridgehead atoms. The standard InChI is InChI=1S/C12H26N2O3/c1-12(2,3)7-9(13)6-10(15)14-8-11(16-4)17-5/h9,11H,6-8,13H2,1-5H3,(H,14,15). The van der Waals surface area contributed by atoms with E-state index in [0.29, 0.717) is 13.0 Å². The number of rotatable bonds is 7. The second-order valence-electron chi connectivity index (χ2n) is 5.43. The Morgan fingerprint density at radius 1 is 1.29 bits per heavy atom. The van der Waals surface area contributed by atoms with Crippen molar-refractivity contribution in [3.05, 3.63) is 0 Å². The highest BCUT2D eigenvalue weighted by atomic mass is 16.7. The predicted molar refractivity (Wildman–Crippen MR) is 67.5 cm³/mol. The third-order valence-corrected chi connectivity index (χ3v) is 2.31. The molecule has 0 saturated carbocycles. The molecule has 0 saturated heterocycles. The van der Waals surface area contributed by atoms with Crippen LogP contribution < -0.4 is 11.1 Å². The minimum atomic E-state index is -0.405. The van der Waals surface area contributed by atoms with Crippen molar-refractivity contribution in [1.29, 1.82) is 0 Å². The van der Waals surface area contributed by atoms with Gasteiger partial charge in [0.15, 0.2) is 6.29 Å². The first kappa shape index (κ1) is 16.4. The fraction of sp³-hybridized carbons (Fsp3) is 0.917. The smallest absolute Gasteiger partial charge is 0.221 e. The van der Waals surface area contributed by atoms with E-state index >= 15 is 0 Å². The number of ether oxygens (including phenoxy) is 2. The first-order chi connectivity index (χ1) is 7.78. The molecule has 1 unspecified atom stereocenters. The minimum absolute atomic E-state index is 0.0687. The number of amides is 1. The Bertz CT molecular complexity index is 222. The van der Waals surface area contributed by atoms with Gasteiger partial charge in [0, 0.05) is 26.7 Å². The van der Waals surface area contributed by atoms with Crippen LogP contribution in [0, 0.1) is 5.41 Å². The largest absolute Gasteiger partial charge is 0.354 e. The lowest BCUT2D eigenvalue weighted by Crippen LogP contribution is -2.38. The highest BCUT2D eigenvalue weighted by Crippen LogP contribution is 2.20. The molecule has 17 heavy (non-hydrogen) atoms. The Hall–Kier alpha value is -0.650. The average molecular weight is 246 g/mol. The monoisotopic (exact) mass is 246 g/mol. The van der Waals surface area contributed by atoms with Gasteiger partial charge < -0.3 is 20.5 Å². The normalized spacial score (nSPS) is 13.8. The van der Waals surface area contributed by atoms with Crippen LogP contribution in [0.1, 0.15) is 33.6 Å². The molecule has 0 aliphatic heterocycles. The van der Waals surface area contributed by atoms with Crippen LogP contribution in [-0.4, -0.2) is 39.0 Å². The Morgan fingerprint density at radius 2 is 1.82 bits per heavy atom. The van der Waals surface area contributed by atoms with E-state index in [1.807, 2.05) is 0 Å². The molecule has 0 aromatic rings. The maximum absolute atomic E-state index is 11.6. The van der Waals surface area contributed by atoms with Gasteiger partial charge in [0.25, 0.3) is 0 Å². The number of nitrogens with two attached hydrogens (primary N) is 1. The molecule has 0 heterocycles. The average Bonchev–Trinajstić information content (AvgIpc) is 2.16. The van der Waals surface area contributed by atoms with Gasteiger partial charge in [0.05, 0.1) is 6.54 Å². The van der Waals surface area contributed by atoms with Crippen LogP contribution in [0.2, 0.25) is 0 Å². The molecular weight excluding hydrogens is 220 g/mol. The molecule has 0 radical (unpaired) electrons. The fourth-order valence-corrected chi connectivity index (χ4v) is 1.63. The summed E-state index contributed by atoms with van der Waals surface area (Å²) in [5.41, 5.74) is 6.05. The first-order valence-electron chi connectivity index (χ1n) is 5.86. The maximum Gasteiger partial charge on any atom is 0.221 e. The summed E-state index contributed by atoms with van der Waals surface area (Å²) in [6, 6.07) is -0.112. The summed E-state index contributed by atoms with van der Waals surface area (Å²) in [6.45, 7) is 6.66. The number of methoxy groups -OCH3 is 2. The Balaban J connectivity index is 3.86. The summed E-state index contributed by atoms with van der Waals surface area (Å²) in [6.07, 6.45) is 0.744. The van der Waals surface area contributed by atoms with E-state index in [2.05, 4.69) is 26.1 Å². The molecule has 102 valence electrons. The van der Waals surface area contributed by atoms with Crippen LogP contribution in [0.15, 0.2) is 0 Å². The van der Waals surface area contributed by atoms with Crippen molar-refractivity contribution in [2.45, 2.75) is 45.9 Å². The molecule has 0 aliphatic carbocycles. The first-order valence-corrected chi connectivity index (χ1v) is 5.86. The highest BCUT2D eigenvalue weighted by molar-refractivity contribution is 5.76. The summed E-state index contributed by atoms with van der Waals surface area (Å²) in [4.78, 5) is 11.6. The van der Waals surface area contributed by atoms with Crippen LogP contribution in [0.3, 0.4) is 0 Å². The van der Waals surface area contributed by atoms with Crippen molar-refractivity contribution in [2.24, 2.45) is 11.1 Å². The van der Waals surface area contributed by atoms with Gasteiger partial charge in [0.2, 0.25) is 5.91 Å². The predicted octanol–water partition coefficient (Wildman–Crippen LogP) is 0.875. The van der Waals surface area contributed by atoms with Crippen molar-refractivity contribution < 1.29 is 14.3 Å². The van der Waals surface area contributed by atoms with E-state index in [9.17, 15) is 4.79 Å². The lowest BCUT2D eigenvalue weighted by Gasteiger charge is -2.23. The topological polar surface area (TPSA) is 73.6 Å². The Labute approximate surface area is 104 Å². The SMILES string of the molecule is COC(CNC(=O)CC(N)CC(C)(C)C)OC. The summed E-state index contributed by atoms with van der Waals surface area (Å²) < 4.78 is 9.93. The van der Waals surface area contributed by atoms with Gasteiger partial charge in [-0.25, -0.2) is 0 Å². The zero-order valence-corrected chi connectivity index (χ0v) is 11.6. The number of hydrogen-bond donors (Lipinski definition) is 2. The van der Waals surface area contributed by atoms with Crippen LogP contribution >= 0.6 is 0 Å². The Morgan fingerprint density at radius 3 is 2.24 bits per heavy atom. The molecule has 0 rings (SSSR count). The van der Waals surface area contributed by atoms with E-state index in [4.69, 9.17) is 15.2 Å². The molecule has 0 fully saturated rings. The van der Waals surface area contributed by atoms with Gasteiger partial charge in [0.1, 0.15) is 0 Å². The van der Waals surface area contributed by atoms with Crippen molar-refractivity contribution in [1.82, 2.24) is 5.32 Å². The van der Waals surface area contributed by atoms with E-state index in [0.717, 1.165) is 6.42 Å². The number of carbonyl (C=O) groups excluding carboxylic acids is 1. The second-order valence-corrected chi connectivity index (χ2v) is 5.43. The lowest BCUT2D eigenvalue weighted by molar-refractivity contribution is -0.127. The third kappa shape index (κ3) is 9.09. The molecule has 0 aromatic heterocycles. The molecule has 5 nitrogen and oxygen atoms in total. The molecule has 1 amide bonds. The van der Waals surface area contributed by atoms with Crippen LogP contribution in [0.25, 0.3) is 0 Å². The van der Waals surface area contributed by atoms with Crippen LogP contribution in [0.4, 0.5) is 0 Å². The summed E-state index contributed by atoms with van der Waals surface area (Å²) in [5.74, 6) is -0.0687. The van der Waals surface area contributed by atoms with Gasteiger partial charge in [-0.2, -0.15) is 0 Å². The Kier molecular flexibility index (Phi) is 7.34. The van der Waals surface area contributed by atoms with Crippen molar-refractivity contribution >= 4 is 5.91 Å². The van der Waals surface area contributed by atoms with Crippen molar-refractivity contribution in [3.8, 4) is 0 Å². The van der Waals surface area contributed by atoms with Crippen molar-refractivity contribution in [2.75, 3.05) is 20.8 Å². The van der Waals surface area contributed by atoms with Crippen LogP contribution in [-0.2, 0) is 14.3 Å². The van der Waals surface area contributed by atoms with Crippen LogP contribution in [0.5, 0.6) is 0 Å². The number of hydrogen-bond acceptors (Lipinski definition) is 4. The minimum Gasteiger partial charge on any atom is -0.354 e. The fourth-order valence-electron chi connectivity index (χ4n) is 1.63. The van der Waals surface area contributed by atoms with E-state index in [1.165, 1.54) is 14.2 Å². The summed E-state index contributed by atoms with van der Waals surface area (Å²) >= 11 is 0. The molecule has 5 heteroatoms.